The molecule has 0 spiro atoms. The van der Waals surface area contributed by atoms with Gasteiger partial charge in [-0.3, -0.25) is 4.79 Å². The maximum absolute atomic E-state index is 11.9. The second kappa shape index (κ2) is 3.81. The summed E-state index contributed by atoms with van der Waals surface area (Å²) in [7, 11) is 0. The van der Waals surface area contributed by atoms with E-state index in [1.54, 1.807) is 18.3 Å². The van der Waals surface area contributed by atoms with E-state index in [1.165, 1.54) is 0 Å². The van der Waals surface area contributed by atoms with Gasteiger partial charge in [-0.05, 0) is 31.4 Å². The van der Waals surface area contributed by atoms with Crippen molar-refractivity contribution in [1.29, 1.82) is 0 Å². The summed E-state index contributed by atoms with van der Waals surface area (Å²) in [5, 5.41) is 3.27. The van der Waals surface area contributed by atoms with Crippen LogP contribution in [0.4, 0.5) is 5.82 Å². The molecule has 1 N–H and O–H groups in total. The Labute approximate surface area is 93.8 Å². The first-order valence-electron chi connectivity index (χ1n) is 5.10. The second-order valence-corrected chi connectivity index (χ2v) is 4.33. The molecule has 4 heteroatoms. The van der Waals surface area contributed by atoms with Gasteiger partial charge in [0.05, 0.1) is 5.02 Å². The number of hydrogen-bond donors (Lipinski definition) is 1. The number of hydrogen-bond acceptors (Lipinski definition) is 2. The third kappa shape index (κ3) is 1.97. The molecule has 1 saturated carbocycles. The summed E-state index contributed by atoms with van der Waals surface area (Å²) in [4.78, 5) is 15.9. The Hall–Kier alpha value is -1.09. The van der Waals surface area contributed by atoms with Crippen molar-refractivity contribution >= 4 is 23.3 Å². The first kappa shape index (κ1) is 10.4. The summed E-state index contributed by atoms with van der Waals surface area (Å²) in [5.41, 5.74) is -0.152. The van der Waals surface area contributed by atoms with Gasteiger partial charge >= 0.3 is 0 Å². The fraction of sp³-hybridized carbons (Fsp3) is 0.455. The van der Waals surface area contributed by atoms with Crippen molar-refractivity contribution in [3.63, 3.8) is 0 Å². The summed E-state index contributed by atoms with van der Waals surface area (Å²) in [6.07, 6.45) is 4.44. The molecule has 1 amide bonds. The minimum atomic E-state index is -0.152. The molecule has 1 aliphatic carbocycles. The third-order valence-corrected chi connectivity index (χ3v) is 3.31. The monoisotopic (exact) mass is 224 g/mol. The summed E-state index contributed by atoms with van der Waals surface area (Å²) < 4.78 is 0. The van der Waals surface area contributed by atoms with Gasteiger partial charge in [-0.1, -0.05) is 18.5 Å². The Morgan fingerprint density at radius 2 is 2.40 bits per heavy atom. The Morgan fingerprint density at radius 3 is 2.93 bits per heavy atom. The molecule has 1 aromatic heterocycles. The summed E-state index contributed by atoms with van der Waals surface area (Å²) in [6.45, 7) is 2.03. The number of nitrogens with one attached hydrogen (secondary N) is 1. The lowest BCUT2D eigenvalue weighted by atomic mass is 10.0. The normalized spacial score (nSPS) is 17.2. The van der Waals surface area contributed by atoms with Crippen LogP contribution in [0.3, 0.4) is 0 Å². The van der Waals surface area contributed by atoms with Gasteiger partial charge in [0.2, 0.25) is 5.91 Å². The summed E-state index contributed by atoms with van der Waals surface area (Å²) in [5.74, 6) is 0.509. The molecule has 80 valence electrons. The van der Waals surface area contributed by atoms with E-state index in [2.05, 4.69) is 10.3 Å². The molecule has 2 rings (SSSR count). The molecular weight excluding hydrogens is 212 g/mol. The van der Waals surface area contributed by atoms with Gasteiger partial charge in [0.15, 0.2) is 5.82 Å². The van der Waals surface area contributed by atoms with Gasteiger partial charge in [0.25, 0.3) is 0 Å². The minimum Gasteiger partial charge on any atom is -0.309 e. The maximum atomic E-state index is 11.9. The van der Waals surface area contributed by atoms with Gasteiger partial charge in [-0.15, -0.1) is 0 Å². The molecular formula is C11H13ClN2O. The first-order valence-corrected chi connectivity index (χ1v) is 5.48. The highest BCUT2D eigenvalue weighted by molar-refractivity contribution is 6.33. The number of nitrogens with zero attached hydrogens (tertiary/aromatic N) is 1. The van der Waals surface area contributed by atoms with Crippen molar-refractivity contribution in [2.24, 2.45) is 5.41 Å². The van der Waals surface area contributed by atoms with Gasteiger partial charge in [-0.25, -0.2) is 4.98 Å². The lowest BCUT2D eigenvalue weighted by Gasteiger charge is -2.12. The van der Waals surface area contributed by atoms with Crippen molar-refractivity contribution < 1.29 is 4.79 Å². The zero-order valence-corrected chi connectivity index (χ0v) is 9.34. The average Bonchev–Trinajstić information content (AvgIpc) is 3.02. The molecule has 15 heavy (non-hydrogen) atoms. The molecule has 0 bridgehead atoms. The van der Waals surface area contributed by atoms with E-state index < -0.39 is 0 Å². The van der Waals surface area contributed by atoms with Crippen LogP contribution in [0.15, 0.2) is 18.3 Å². The quantitative estimate of drug-likeness (QED) is 0.858. The Morgan fingerprint density at radius 1 is 1.67 bits per heavy atom. The molecule has 1 aromatic rings. The molecule has 0 aromatic carbocycles. The smallest absolute Gasteiger partial charge is 0.231 e. The molecule has 0 aliphatic heterocycles. The van der Waals surface area contributed by atoms with E-state index >= 15 is 0 Å². The average molecular weight is 225 g/mol. The largest absolute Gasteiger partial charge is 0.309 e. The number of halogens is 1. The van der Waals surface area contributed by atoms with E-state index in [1.807, 2.05) is 6.92 Å². The minimum absolute atomic E-state index is 0.0469. The predicted molar refractivity (Wildman–Crippen MR) is 59.8 cm³/mol. The molecule has 1 heterocycles. The van der Waals surface area contributed by atoms with Crippen LogP contribution in [-0.4, -0.2) is 10.9 Å². The van der Waals surface area contributed by atoms with Crippen LogP contribution in [0.25, 0.3) is 0 Å². The third-order valence-electron chi connectivity index (χ3n) is 3.00. The Balaban J connectivity index is 2.10. The number of pyridine rings is 1. The van der Waals surface area contributed by atoms with Crippen molar-refractivity contribution in [2.75, 3.05) is 5.32 Å². The number of rotatable bonds is 3. The standard InChI is InChI=1S/C11H13ClN2O/c1-2-11(5-6-11)10(15)14-9-8(12)4-3-7-13-9/h3-4,7H,2,5-6H2,1H3,(H,13,14,15). The van der Waals surface area contributed by atoms with Gasteiger partial charge in [0, 0.05) is 11.6 Å². The number of amides is 1. The molecule has 3 nitrogen and oxygen atoms in total. The highest BCUT2D eigenvalue weighted by atomic mass is 35.5. The Bertz CT molecular complexity index is 388. The molecule has 0 unspecified atom stereocenters. The predicted octanol–water partition coefficient (Wildman–Crippen LogP) is 2.86. The van der Waals surface area contributed by atoms with E-state index in [0.717, 1.165) is 19.3 Å². The van der Waals surface area contributed by atoms with Crippen LogP contribution in [0.1, 0.15) is 26.2 Å². The second-order valence-electron chi connectivity index (χ2n) is 3.92. The highest BCUT2D eigenvalue weighted by Gasteiger charge is 2.48. The van der Waals surface area contributed by atoms with Crippen molar-refractivity contribution in [3.05, 3.63) is 23.4 Å². The van der Waals surface area contributed by atoms with Crippen molar-refractivity contribution in [1.82, 2.24) is 4.98 Å². The zero-order chi connectivity index (χ0) is 10.9. The highest BCUT2D eigenvalue weighted by Crippen LogP contribution is 2.49. The summed E-state index contributed by atoms with van der Waals surface area (Å²) in [6, 6.07) is 3.46. The molecule has 0 radical (unpaired) electrons. The fourth-order valence-corrected chi connectivity index (χ4v) is 1.78. The maximum Gasteiger partial charge on any atom is 0.231 e. The van der Waals surface area contributed by atoms with Crippen LogP contribution < -0.4 is 5.32 Å². The zero-order valence-electron chi connectivity index (χ0n) is 8.59. The van der Waals surface area contributed by atoms with Crippen LogP contribution in [0.5, 0.6) is 0 Å². The molecule has 1 fully saturated rings. The number of anilines is 1. The number of carbonyl (C=O) groups is 1. The van der Waals surface area contributed by atoms with Gasteiger partial charge in [-0.2, -0.15) is 0 Å². The van der Waals surface area contributed by atoms with Crippen molar-refractivity contribution in [2.45, 2.75) is 26.2 Å². The fourth-order valence-electron chi connectivity index (χ4n) is 1.61. The Kier molecular flexibility index (Phi) is 2.65. The lowest BCUT2D eigenvalue weighted by Crippen LogP contribution is -2.24. The topological polar surface area (TPSA) is 42.0 Å². The van der Waals surface area contributed by atoms with Crippen LogP contribution in [0, 0.1) is 5.41 Å². The van der Waals surface area contributed by atoms with Crippen LogP contribution in [-0.2, 0) is 4.79 Å². The molecule has 0 atom stereocenters. The van der Waals surface area contributed by atoms with Gasteiger partial charge < -0.3 is 5.32 Å². The lowest BCUT2D eigenvalue weighted by molar-refractivity contribution is -0.121. The van der Waals surface area contributed by atoms with E-state index in [0.29, 0.717) is 10.8 Å². The summed E-state index contributed by atoms with van der Waals surface area (Å²) >= 11 is 5.90. The molecule has 1 aliphatic rings. The van der Waals surface area contributed by atoms with E-state index in [9.17, 15) is 4.79 Å². The van der Waals surface area contributed by atoms with E-state index in [4.69, 9.17) is 11.6 Å². The number of aromatic nitrogens is 1. The van der Waals surface area contributed by atoms with Crippen LogP contribution >= 0.6 is 11.6 Å². The van der Waals surface area contributed by atoms with Crippen molar-refractivity contribution in [3.8, 4) is 0 Å². The SMILES string of the molecule is CCC1(C(=O)Nc2ncccc2Cl)CC1. The van der Waals surface area contributed by atoms with Crippen LogP contribution in [0.2, 0.25) is 5.02 Å². The first-order chi connectivity index (χ1) is 7.18. The van der Waals surface area contributed by atoms with E-state index in [-0.39, 0.29) is 11.3 Å². The van der Waals surface area contributed by atoms with Gasteiger partial charge in [0.1, 0.15) is 0 Å². The molecule has 0 saturated heterocycles. The number of carbonyl (C=O) groups excluding carboxylic acids is 1.